The van der Waals surface area contributed by atoms with Crippen LogP contribution in [0.5, 0.6) is 0 Å². The number of rotatable bonds is 5. The molecule has 2 aliphatic heterocycles. The van der Waals surface area contributed by atoms with Crippen LogP contribution in [0.25, 0.3) is 0 Å². The summed E-state index contributed by atoms with van der Waals surface area (Å²) >= 11 is 0. The van der Waals surface area contributed by atoms with Gasteiger partial charge in [-0.1, -0.05) is 0 Å². The van der Waals surface area contributed by atoms with Gasteiger partial charge in [0.05, 0.1) is 0 Å². The number of aromatic nitrogens is 2. The van der Waals surface area contributed by atoms with E-state index in [2.05, 4.69) is 15.3 Å². The quantitative estimate of drug-likeness (QED) is 0.901. The molecule has 23 heavy (non-hydrogen) atoms. The highest BCUT2D eigenvalue weighted by molar-refractivity contribution is 5.88. The molecule has 2 amide bonds. The highest BCUT2D eigenvalue weighted by atomic mass is 19.3. The van der Waals surface area contributed by atoms with Crippen molar-refractivity contribution in [3.8, 4) is 0 Å². The van der Waals surface area contributed by atoms with E-state index < -0.39 is 13.0 Å². The van der Waals surface area contributed by atoms with Gasteiger partial charge in [-0.2, -0.15) is 5.10 Å². The minimum Gasteiger partial charge on any atom is -0.324 e. The molecule has 1 N–H and O–H groups in total. The van der Waals surface area contributed by atoms with Crippen LogP contribution in [0.1, 0.15) is 19.3 Å². The summed E-state index contributed by atoms with van der Waals surface area (Å²) in [6.07, 6.45) is 2.56. The Kier molecular flexibility index (Phi) is 5.09. The van der Waals surface area contributed by atoms with Gasteiger partial charge in [0, 0.05) is 31.9 Å². The van der Waals surface area contributed by atoms with Gasteiger partial charge in [-0.05, 0) is 38.3 Å². The number of hydrogen-bond donors (Lipinski definition) is 1. The molecule has 3 heterocycles. The van der Waals surface area contributed by atoms with Gasteiger partial charge in [0.15, 0.2) is 5.82 Å². The molecule has 128 valence electrons. The van der Waals surface area contributed by atoms with Gasteiger partial charge in [0.25, 0.3) is 6.43 Å². The topological polar surface area (TPSA) is 53.4 Å². The number of carbonyl (C=O) groups is 1. The minimum absolute atomic E-state index is 0.198. The van der Waals surface area contributed by atoms with Crippen molar-refractivity contribution in [3.05, 3.63) is 12.3 Å². The lowest BCUT2D eigenvalue weighted by atomic mass is 10.1. The van der Waals surface area contributed by atoms with Gasteiger partial charge >= 0.3 is 6.03 Å². The van der Waals surface area contributed by atoms with Gasteiger partial charge in [-0.3, -0.25) is 10.00 Å². The maximum absolute atomic E-state index is 12.3. The molecule has 0 spiro atoms. The molecule has 0 aromatic carbocycles. The van der Waals surface area contributed by atoms with Crippen LogP contribution >= 0.6 is 0 Å². The van der Waals surface area contributed by atoms with Crippen molar-refractivity contribution in [3.63, 3.8) is 0 Å². The van der Waals surface area contributed by atoms with Crippen molar-refractivity contribution in [2.24, 2.45) is 5.92 Å². The van der Waals surface area contributed by atoms with Crippen LogP contribution in [0.3, 0.4) is 0 Å². The van der Waals surface area contributed by atoms with Crippen molar-refractivity contribution in [2.75, 3.05) is 38.0 Å². The molecule has 6 nitrogen and oxygen atoms in total. The first kappa shape index (κ1) is 16.2. The van der Waals surface area contributed by atoms with Crippen molar-refractivity contribution in [1.82, 2.24) is 19.6 Å². The molecule has 1 aromatic heterocycles. The van der Waals surface area contributed by atoms with E-state index in [9.17, 15) is 13.6 Å². The van der Waals surface area contributed by atoms with Crippen LogP contribution in [-0.2, 0) is 6.54 Å². The van der Waals surface area contributed by atoms with Crippen molar-refractivity contribution < 1.29 is 13.6 Å². The van der Waals surface area contributed by atoms with Crippen LogP contribution in [-0.4, -0.2) is 64.8 Å². The van der Waals surface area contributed by atoms with E-state index in [0.717, 1.165) is 30.7 Å². The molecule has 1 aromatic rings. The predicted molar refractivity (Wildman–Crippen MR) is 82.6 cm³/mol. The molecular weight excluding hydrogens is 304 g/mol. The molecule has 3 rings (SSSR count). The zero-order valence-corrected chi connectivity index (χ0v) is 13.1. The van der Waals surface area contributed by atoms with E-state index in [-0.39, 0.29) is 6.03 Å². The summed E-state index contributed by atoms with van der Waals surface area (Å²) in [5.41, 5.74) is 0. The number of anilines is 1. The zero-order valence-electron chi connectivity index (χ0n) is 13.1. The van der Waals surface area contributed by atoms with E-state index in [1.54, 1.807) is 4.90 Å². The van der Waals surface area contributed by atoms with Crippen molar-refractivity contribution in [1.29, 1.82) is 0 Å². The molecule has 8 heteroatoms. The molecule has 1 atom stereocenters. The number of likely N-dealkylation sites (tertiary alicyclic amines) is 2. The molecule has 0 aliphatic carbocycles. The Morgan fingerprint density at radius 1 is 1.35 bits per heavy atom. The summed E-state index contributed by atoms with van der Waals surface area (Å²) in [5.74, 6) is 0.842. The Balaban J connectivity index is 1.46. The SMILES string of the molecule is O=C(Nc1ccn(CC(F)F)n1)N1CCC(CN2CCCC2)C1. The van der Waals surface area contributed by atoms with E-state index >= 15 is 0 Å². The van der Waals surface area contributed by atoms with Crippen molar-refractivity contribution in [2.45, 2.75) is 32.2 Å². The number of hydrogen-bond acceptors (Lipinski definition) is 3. The summed E-state index contributed by atoms with van der Waals surface area (Å²) in [6, 6.07) is 1.34. The van der Waals surface area contributed by atoms with Gasteiger partial charge in [0.1, 0.15) is 6.54 Å². The molecule has 2 fully saturated rings. The number of carbonyl (C=O) groups excluding carboxylic acids is 1. The molecular formula is C15H23F2N5O. The fourth-order valence-electron chi connectivity index (χ4n) is 3.36. The molecule has 2 aliphatic rings. The van der Waals surface area contributed by atoms with Crippen LogP contribution in [0.15, 0.2) is 12.3 Å². The van der Waals surface area contributed by atoms with E-state index in [0.29, 0.717) is 11.7 Å². The third-order valence-corrected chi connectivity index (χ3v) is 4.49. The third-order valence-electron chi connectivity index (χ3n) is 4.49. The lowest BCUT2D eigenvalue weighted by molar-refractivity contribution is 0.122. The maximum atomic E-state index is 12.3. The van der Waals surface area contributed by atoms with E-state index in [1.165, 1.54) is 38.2 Å². The summed E-state index contributed by atoms with van der Waals surface area (Å²) in [4.78, 5) is 16.5. The average Bonchev–Trinajstić information content (AvgIpc) is 3.21. The molecule has 0 saturated carbocycles. The van der Waals surface area contributed by atoms with E-state index in [4.69, 9.17) is 0 Å². The number of nitrogens with zero attached hydrogens (tertiary/aromatic N) is 4. The number of nitrogens with one attached hydrogen (secondary N) is 1. The Bertz CT molecular complexity index is 530. The first-order valence-corrected chi connectivity index (χ1v) is 8.20. The number of amides is 2. The van der Waals surface area contributed by atoms with Crippen LogP contribution in [0.4, 0.5) is 19.4 Å². The average molecular weight is 327 g/mol. The first-order valence-electron chi connectivity index (χ1n) is 8.20. The summed E-state index contributed by atoms with van der Waals surface area (Å²) in [5, 5.41) is 6.62. The van der Waals surface area contributed by atoms with Crippen molar-refractivity contribution >= 4 is 11.8 Å². The van der Waals surface area contributed by atoms with Gasteiger partial charge in [0.2, 0.25) is 0 Å². The second-order valence-corrected chi connectivity index (χ2v) is 6.35. The largest absolute Gasteiger partial charge is 0.324 e. The Hall–Kier alpha value is -1.70. The fourth-order valence-corrected chi connectivity index (χ4v) is 3.36. The molecule has 2 saturated heterocycles. The summed E-state index contributed by atoms with van der Waals surface area (Å²) < 4.78 is 25.7. The minimum atomic E-state index is -2.46. The smallest absolute Gasteiger partial charge is 0.323 e. The maximum Gasteiger partial charge on any atom is 0.323 e. The highest BCUT2D eigenvalue weighted by Crippen LogP contribution is 2.20. The normalized spacial score (nSPS) is 22.2. The number of urea groups is 1. The molecule has 1 unspecified atom stereocenters. The molecule has 0 radical (unpaired) electrons. The van der Waals surface area contributed by atoms with Gasteiger partial charge in [-0.25, -0.2) is 13.6 Å². The Morgan fingerprint density at radius 2 is 2.13 bits per heavy atom. The fraction of sp³-hybridized carbons (Fsp3) is 0.733. The third kappa shape index (κ3) is 4.40. The van der Waals surface area contributed by atoms with Crippen LogP contribution in [0, 0.1) is 5.92 Å². The standard InChI is InChI=1S/C15H23F2N5O/c16-13(17)11-22-8-4-14(19-22)18-15(23)21-7-3-12(10-21)9-20-5-1-2-6-20/h4,8,12-13H,1-3,5-7,9-11H2,(H,18,19,23). The van der Waals surface area contributed by atoms with Crippen LogP contribution < -0.4 is 5.32 Å². The molecule has 0 bridgehead atoms. The monoisotopic (exact) mass is 327 g/mol. The number of halogens is 2. The predicted octanol–water partition coefficient (Wildman–Crippen LogP) is 2.10. The summed E-state index contributed by atoms with van der Waals surface area (Å²) in [7, 11) is 0. The second-order valence-electron chi connectivity index (χ2n) is 6.35. The first-order chi connectivity index (χ1) is 11.1. The van der Waals surface area contributed by atoms with Gasteiger partial charge < -0.3 is 9.80 Å². The van der Waals surface area contributed by atoms with E-state index in [1.807, 2.05) is 0 Å². The second kappa shape index (κ2) is 7.25. The highest BCUT2D eigenvalue weighted by Gasteiger charge is 2.28. The number of alkyl halides is 2. The Morgan fingerprint density at radius 3 is 2.87 bits per heavy atom. The van der Waals surface area contributed by atoms with Crippen LogP contribution in [0.2, 0.25) is 0 Å². The summed E-state index contributed by atoms with van der Waals surface area (Å²) in [6.45, 7) is 4.43. The lowest BCUT2D eigenvalue weighted by Gasteiger charge is -2.20. The Labute approximate surface area is 134 Å². The lowest BCUT2D eigenvalue weighted by Crippen LogP contribution is -2.35. The van der Waals surface area contributed by atoms with Gasteiger partial charge in [-0.15, -0.1) is 0 Å². The zero-order chi connectivity index (χ0) is 16.2.